The van der Waals surface area contributed by atoms with Crippen LogP contribution < -0.4 is 4.90 Å². The Balaban J connectivity index is 2.11. The lowest BCUT2D eigenvalue weighted by atomic mass is 10.1. The monoisotopic (exact) mass is 310 g/mol. The summed E-state index contributed by atoms with van der Waals surface area (Å²) < 4.78 is 0. The molecule has 1 aliphatic heterocycles. The van der Waals surface area contributed by atoms with Crippen molar-refractivity contribution < 1.29 is 19.8 Å². The van der Waals surface area contributed by atoms with Crippen LogP contribution in [0.3, 0.4) is 0 Å². The maximum Gasteiger partial charge on any atom is 0.335 e. The lowest BCUT2D eigenvalue weighted by molar-refractivity contribution is -0.113. The van der Waals surface area contributed by atoms with Crippen molar-refractivity contribution in [3.8, 4) is 0 Å². The van der Waals surface area contributed by atoms with E-state index in [4.69, 9.17) is 5.11 Å². The number of rotatable bonds is 3. The van der Waals surface area contributed by atoms with Crippen molar-refractivity contribution in [1.29, 1.82) is 0 Å². The highest BCUT2D eigenvalue weighted by Crippen LogP contribution is 2.31. The van der Waals surface area contributed by atoms with Crippen LogP contribution in [-0.4, -0.2) is 34.0 Å². The van der Waals surface area contributed by atoms with Crippen molar-refractivity contribution in [3.05, 3.63) is 59.7 Å². The molecule has 3 rings (SSSR count). The van der Waals surface area contributed by atoms with Gasteiger partial charge in [-0.2, -0.15) is 0 Å². The molecule has 1 unspecified atom stereocenters. The third kappa shape index (κ3) is 2.60. The maximum atomic E-state index is 12.5. The second-order valence-electron chi connectivity index (χ2n) is 5.14. The lowest BCUT2D eigenvalue weighted by Crippen LogP contribution is -2.37. The fourth-order valence-corrected chi connectivity index (χ4v) is 2.54. The summed E-state index contributed by atoms with van der Waals surface area (Å²) in [5.41, 5.74) is 1.84. The van der Waals surface area contributed by atoms with Gasteiger partial charge in [0, 0.05) is 5.56 Å². The fourth-order valence-electron chi connectivity index (χ4n) is 2.54. The number of aliphatic imine (C=N–C) groups is 1. The summed E-state index contributed by atoms with van der Waals surface area (Å²) in [5.74, 6) is -1.47. The third-order valence-corrected chi connectivity index (χ3v) is 3.55. The van der Waals surface area contributed by atoms with Gasteiger partial charge in [-0.25, -0.2) is 9.79 Å². The van der Waals surface area contributed by atoms with Crippen LogP contribution in [0.5, 0.6) is 0 Å². The summed E-state index contributed by atoms with van der Waals surface area (Å²) in [6.07, 6.45) is -0.985. The fraction of sp³-hybridized carbons (Fsp3) is 0.118. The average molecular weight is 310 g/mol. The van der Waals surface area contributed by atoms with E-state index in [9.17, 15) is 14.7 Å². The SMILES string of the molecule is CC(O)N1C(=O)C(=Nc2cccc(C(=O)O)c2)c2ccccc21. The van der Waals surface area contributed by atoms with E-state index in [1.54, 1.807) is 36.4 Å². The van der Waals surface area contributed by atoms with E-state index in [1.165, 1.54) is 24.0 Å². The van der Waals surface area contributed by atoms with Gasteiger partial charge >= 0.3 is 5.97 Å². The molecule has 0 aliphatic carbocycles. The minimum absolute atomic E-state index is 0.0953. The van der Waals surface area contributed by atoms with E-state index in [0.717, 1.165) is 0 Å². The molecular formula is C17H14N2O4. The van der Waals surface area contributed by atoms with Crippen LogP contribution >= 0.6 is 0 Å². The Labute approximate surface area is 132 Å². The quantitative estimate of drug-likeness (QED) is 0.909. The molecule has 0 spiro atoms. The van der Waals surface area contributed by atoms with Crippen molar-refractivity contribution in [2.45, 2.75) is 13.2 Å². The topological polar surface area (TPSA) is 90.2 Å². The van der Waals surface area contributed by atoms with Crippen LogP contribution in [0.15, 0.2) is 53.5 Å². The molecule has 23 heavy (non-hydrogen) atoms. The Bertz CT molecular complexity index is 827. The van der Waals surface area contributed by atoms with Crippen molar-refractivity contribution in [1.82, 2.24) is 0 Å². The molecule has 2 N–H and O–H groups in total. The highest BCUT2D eigenvalue weighted by Gasteiger charge is 2.35. The number of aromatic carboxylic acids is 1. The predicted octanol–water partition coefficient (Wildman–Crippen LogP) is 2.19. The van der Waals surface area contributed by atoms with Crippen molar-refractivity contribution in [3.63, 3.8) is 0 Å². The molecule has 1 heterocycles. The van der Waals surface area contributed by atoms with Gasteiger partial charge in [0.1, 0.15) is 11.9 Å². The number of carboxylic acid groups (broad SMARTS) is 1. The maximum absolute atomic E-state index is 12.5. The molecule has 1 amide bonds. The van der Waals surface area contributed by atoms with E-state index in [2.05, 4.69) is 4.99 Å². The average Bonchev–Trinajstić information content (AvgIpc) is 2.80. The second kappa shape index (κ2) is 5.66. The summed E-state index contributed by atoms with van der Waals surface area (Å²) >= 11 is 0. The molecule has 1 aliphatic rings. The molecular weight excluding hydrogens is 296 g/mol. The molecule has 0 bridgehead atoms. The Kier molecular flexibility index (Phi) is 3.67. The van der Waals surface area contributed by atoms with Gasteiger partial charge in [0.15, 0.2) is 0 Å². The lowest BCUT2D eigenvalue weighted by Gasteiger charge is -2.19. The van der Waals surface area contributed by atoms with Gasteiger partial charge in [-0.15, -0.1) is 0 Å². The minimum Gasteiger partial charge on any atom is -0.478 e. The third-order valence-electron chi connectivity index (χ3n) is 3.55. The predicted molar refractivity (Wildman–Crippen MR) is 85.2 cm³/mol. The van der Waals surface area contributed by atoms with Gasteiger partial charge in [0.05, 0.1) is 16.9 Å². The first-order chi connectivity index (χ1) is 11.0. The normalized spacial score (nSPS) is 16.5. The van der Waals surface area contributed by atoms with E-state index < -0.39 is 18.1 Å². The molecule has 0 saturated carbocycles. The number of aliphatic hydroxyl groups is 1. The zero-order valence-corrected chi connectivity index (χ0v) is 12.3. The highest BCUT2D eigenvalue weighted by molar-refractivity contribution is 6.54. The van der Waals surface area contributed by atoms with Gasteiger partial charge in [-0.3, -0.25) is 9.69 Å². The van der Waals surface area contributed by atoms with Crippen molar-refractivity contribution in [2.24, 2.45) is 4.99 Å². The van der Waals surface area contributed by atoms with E-state index in [1.807, 2.05) is 0 Å². The molecule has 6 heteroatoms. The zero-order chi connectivity index (χ0) is 16.6. The number of hydrogen-bond acceptors (Lipinski definition) is 4. The number of anilines is 1. The number of carboxylic acids is 1. The number of para-hydroxylation sites is 1. The number of aliphatic hydroxyl groups excluding tert-OH is 1. The summed E-state index contributed by atoms with van der Waals surface area (Å²) in [4.78, 5) is 29.1. The van der Waals surface area contributed by atoms with Crippen LogP contribution in [-0.2, 0) is 4.79 Å². The summed E-state index contributed by atoms with van der Waals surface area (Å²) in [6, 6.07) is 13.1. The molecule has 0 fully saturated rings. The first kappa shape index (κ1) is 14.9. The number of nitrogens with zero attached hydrogens (tertiary/aromatic N) is 2. The van der Waals surface area contributed by atoms with Crippen molar-refractivity contribution >= 4 is 29.0 Å². The second-order valence-corrected chi connectivity index (χ2v) is 5.14. The van der Waals surface area contributed by atoms with Gasteiger partial charge < -0.3 is 10.2 Å². The van der Waals surface area contributed by atoms with E-state index in [0.29, 0.717) is 16.9 Å². The van der Waals surface area contributed by atoms with Crippen LogP contribution in [0.2, 0.25) is 0 Å². The van der Waals surface area contributed by atoms with Gasteiger partial charge in [0.25, 0.3) is 5.91 Å². The first-order valence-corrected chi connectivity index (χ1v) is 7.02. The summed E-state index contributed by atoms with van der Waals surface area (Å²) in [6.45, 7) is 1.50. The Hall–Kier alpha value is -2.99. The van der Waals surface area contributed by atoms with Crippen LogP contribution in [0.4, 0.5) is 11.4 Å². The number of benzene rings is 2. The molecule has 0 radical (unpaired) electrons. The molecule has 2 aromatic carbocycles. The van der Waals surface area contributed by atoms with Gasteiger partial charge in [-0.05, 0) is 31.2 Å². The molecule has 1 atom stereocenters. The number of amides is 1. The summed E-state index contributed by atoms with van der Waals surface area (Å²) in [5, 5.41) is 18.9. The highest BCUT2D eigenvalue weighted by atomic mass is 16.4. The molecule has 6 nitrogen and oxygen atoms in total. The standard InChI is InChI=1S/C17H14N2O4/c1-10(20)19-14-8-3-2-7-13(14)15(16(19)21)18-12-6-4-5-11(9-12)17(22)23/h2-10,20H,1H3,(H,22,23). The molecule has 116 valence electrons. The largest absolute Gasteiger partial charge is 0.478 e. The Morgan fingerprint density at radius 1 is 1.17 bits per heavy atom. The van der Waals surface area contributed by atoms with Crippen LogP contribution in [0.25, 0.3) is 0 Å². The number of carbonyl (C=O) groups is 2. The smallest absolute Gasteiger partial charge is 0.335 e. The summed E-state index contributed by atoms with van der Waals surface area (Å²) in [7, 11) is 0. The van der Waals surface area contributed by atoms with Crippen LogP contribution in [0.1, 0.15) is 22.8 Å². The van der Waals surface area contributed by atoms with E-state index in [-0.39, 0.29) is 11.3 Å². The number of fused-ring (bicyclic) bond motifs is 1. The Morgan fingerprint density at radius 3 is 2.61 bits per heavy atom. The molecule has 2 aromatic rings. The van der Waals surface area contributed by atoms with Crippen LogP contribution in [0, 0.1) is 0 Å². The minimum atomic E-state index is -1.06. The van der Waals surface area contributed by atoms with Gasteiger partial charge in [-0.1, -0.05) is 24.3 Å². The van der Waals surface area contributed by atoms with Crippen molar-refractivity contribution in [2.75, 3.05) is 4.90 Å². The molecule has 0 aromatic heterocycles. The van der Waals surface area contributed by atoms with E-state index >= 15 is 0 Å². The number of hydrogen-bond donors (Lipinski definition) is 2. The zero-order valence-electron chi connectivity index (χ0n) is 12.3. The number of carbonyl (C=O) groups excluding carboxylic acids is 1. The first-order valence-electron chi connectivity index (χ1n) is 7.02. The van der Waals surface area contributed by atoms with Gasteiger partial charge in [0.2, 0.25) is 0 Å². The Morgan fingerprint density at radius 2 is 1.91 bits per heavy atom. The molecule has 0 saturated heterocycles.